The normalized spacial score (nSPS) is 15.3. The van der Waals surface area contributed by atoms with Crippen LogP contribution < -0.4 is 10.2 Å². The minimum absolute atomic E-state index is 0.102. The minimum Gasteiger partial charge on any atom is -0.368 e. The van der Waals surface area contributed by atoms with Crippen LogP contribution in [-0.4, -0.2) is 55.1 Å². The van der Waals surface area contributed by atoms with Crippen molar-refractivity contribution in [2.24, 2.45) is 5.92 Å². The number of hydrogen-bond acceptors (Lipinski definition) is 4. The van der Waals surface area contributed by atoms with Crippen LogP contribution in [0.1, 0.15) is 29.9 Å². The maximum absolute atomic E-state index is 12.1. The van der Waals surface area contributed by atoms with Gasteiger partial charge >= 0.3 is 0 Å². The Morgan fingerprint density at radius 1 is 1.11 bits per heavy atom. The Labute approximate surface area is 168 Å². The number of aromatic nitrogens is 1. The van der Waals surface area contributed by atoms with Gasteiger partial charge in [-0.2, -0.15) is 0 Å². The molecule has 1 fully saturated rings. The van der Waals surface area contributed by atoms with E-state index >= 15 is 0 Å². The molecule has 5 nitrogen and oxygen atoms in total. The summed E-state index contributed by atoms with van der Waals surface area (Å²) in [5, 5.41) is 2.91. The van der Waals surface area contributed by atoms with Gasteiger partial charge < -0.3 is 10.2 Å². The molecule has 1 aromatic carbocycles. The minimum atomic E-state index is -0.102. The molecule has 0 saturated carbocycles. The van der Waals surface area contributed by atoms with E-state index in [0.717, 1.165) is 38.4 Å². The molecular weight excluding hydrogens is 348 g/mol. The van der Waals surface area contributed by atoms with E-state index in [1.165, 1.54) is 5.56 Å². The summed E-state index contributed by atoms with van der Waals surface area (Å²) in [5.41, 5.74) is 2.80. The number of nitrogens with one attached hydrogen (secondary N) is 1. The zero-order valence-corrected chi connectivity index (χ0v) is 16.8. The quantitative estimate of drug-likeness (QED) is 0.803. The predicted octanol–water partition coefficient (Wildman–Crippen LogP) is 3.30. The average molecular weight is 379 g/mol. The van der Waals surface area contributed by atoms with Crippen LogP contribution in [0.15, 0.2) is 54.7 Å². The smallest absolute Gasteiger partial charge is 0.269 e. The highest BCUT2D eigenvalue weighted by molar-refractivity contribution is 5.92. The monoisotopic (exact) mass is 378 g/mol. The lowest BCUT2D eigenvalue weighted by Crippen LogP contribution is -2.46. The van der Waals surface area contributed by atoms with Gasteiger partial charge in [-0.1, -0.05) is 56.3 Å². The molecule has 28 heavy (non-hydrogen) atoms. The zero-order chi connectivity index (χ0) is 19.8. The van der Waals surface area contributed by atoms with Crippen LogP contribution in [0.5, 0.6) is 0 Å². The maximum Gasteiger partial charge on any atom is 0.269 e. The van der Waals surface area contributed by atoms with Gasteiger partial charge in [0.1, 0.15) is 5.69 Å². The fourth-order valence-electron chi connectivity index (χ4n) is 3.19. The predicted molar refractivity (Wildman–Crippen MR) is 116 cm³/mol. The molecule has 2 heterocycles. The second-order valence-corrected chi connectivity index (χ2v) is 7.61. The van der Waals surface area contributed by atoms with Crippen molar-refractivity contribution >= 4 is 17.7 Å². The van der Waals surface area contributed by atoms with E-state index in [1.54, 1.807) is 0 Å². The highest BCUT2D eigenvalue weighted by atomic mass is 16.1. The van der Waals surface area contributed by atoms with Crippen molar-refractivity contribution in [3.8, 4) is 0 Å². The van der Waals surface area contributed by atoms with Crippen molar-refractivity contribution in [1.82, 2.24) is 15.2 Å². The van der Waals surface area contributed by atoms with Gasteiger partial charge in [0.25, 0.3) is 5.91 Å². The molecule has 1 aromatic heterocycles. The van der Waals surface area contributed by atoms with Crippen LogP contribution in [0.4, 0.5) is 5.69 Å². The molecule has 0 unspecified atom stereocenters. The number of nitrogens with zero attached hydrogens (tertiary/aromatic N) is 3. The summed E-state index contributed by atoms with van der Waals surface area (Å²) in [6, 6.07) is 14.2. The molecule has 0 bridgehead atoms. The summed E-state index contributed by atoms with van der Waals surface area (Å²) in [7, 11) is 0. The van der Waals surface area contributed by atoms with Crippen LogP contribution in [0.3, 0.4) is 0 Å². The van der Waals surface area contributed by atoms with Crippen LogP contribution in [0.25, 0.3) is 6.08 Å². The van der Waals surface area contributed by atoms with Crippen molar-refractivity contribution < 1.29 is 4.79 Å². The van der Waals surface area contributed by atoms with Crippen LogP contribution >= 0.6 is 0 Å². The lowest BCUT2D eigenvalue weighted by molar-refractivity contribution is 0.0944. The van der Waals surface area contributed by atoms with Gasteiger partial charge in [-0.05, 0) is 23.6 Å². The van der Waals surface area contributed by atoms with E-state index in [1.807, 2.05) is 24.4 Å². The SMILES string of the molecule is CC(C)CNC(=O)c1ccc(N2CCN(C/C=C/c3ccccc3)CC2)cn1. The second kappa shape index (κ2) is 10.0. The third-order valence-electron chi connectivity index (χ3n) is 4.86. The molecule has 5 heteroatoms. The van der Waals surface area contributed by atoms with Gasteiger partial charge in [0.05, 0.1) is 11.9 Å². The largest absolute Gasteiger partial charge is 0.368 e. The molecule has 0 spiro atoms. The van der Waals surface area contributed by atoms with Gasteiger partial charge in [0.2, 0.25) is 0 Å². The van der Waals surface area contributed by atoms with Crippen LogP contribution in [0, 0.1) is 5.92 Å². The molecule has 1 saturated heterocycles. The molecule has 1 N–H and O–H groups in total. The highest BCUT2D eigenvalue weighted by Crippen LogP contribution is 2.16. The number of benzene rings is 1. The average Bonchev–Trinajstić information content (AvgIpc) is 2.73. The van der Waals surface area contributed by atoms with Crippen molar-refractivity contribution in [3.05, 3.63) is 66.0 Å². The lowest BCUT2D eigenvalue weighted by atomic mass is 10.2. The Kier molecular flexibility index (Phi) is 7.20. The van der Waals surface area contributed by atoms with Crippen molar-refractivity contribution in [2.45, 2.75) is 13.8 Å². The Hall–Kier alpha value is -2.66. The van der Waals surface area contributed by atoms with E-state index in [0.29, 0.717) is 18.2 Å². The summed E-state index contributed by atoms with van der Waals surface area (Å²) in [5.74, 6) is 0.331. The third kappa shape index (κ3) is 5.92. The van der Waals surface area contributed by atoms with Crippen molar-refractivity contribution in [1.29, 1.82) is 0 Å². The standard InChI is InChI=1S/C23H30N4O/c1-19(2)17-25-23(28)22-11-10-21(18-24-22)27-15-13-26(14-16-27)12-6-9-20-7-4-3-5-8-20/h3-11,18-19H,12-17H2,1-2H3,(H,25,28)/b9-6+. The molecule has 3 rings (SSSR count). The fraction of sp³-hybridized carbons (Fsp3) is 0.391. The molecule has 1 amide bonds. The van der Waals surface area contributed by atoms with Gasteiger partial charge in [0.15, 0.2) is 0 Å². The number of carbonyl (C=O) groups is 1. The first-order valence-electron chi connectivity index (χ1n) is 10.0. The molecule has 148 valence electrons. The second-order valence-electron chi connectivity index (χ2n) is 7.61. The molecule has 2 aromatic rings. The third-order valence-corrected chi connectivity index (χ3v) is 4.86. The highest BCUT2D eigenvalue weighted by Gasteiger charge is 2.17. The first-order chi connectivity index (χ1) is 13.6. The van der Waals surface area contributed by atoms with E-state index in [4.69, 9.17) is 0 Å². The van der Waals surface area contributed by atoms with Crippen LogP contribution in [-0.2, 0) is 0 Å². The van der Waals surface area contributed by atoms with E-state index < -0.39 is 0 Å². The first kappa shape index (κ1) is 20.1. The van der Waals surface area contributed by atoms with Crippen molar-refractivity contribution in [2.75, 3.05) is 44.2 Å². The maximum atomic E-state index is 12.1. The lowest BCUT2D eigenvalue weighted by Gasteiger charge is -2.35. The van der Waals surface area contributed by atoms with Gasteiger partial charge in [-0.3, -0.25) is 9.69 Å². The number of rotatable bonds is 7. The summed E-state index contributed by atoms with van der Waals surface area (Å²) in [6.45, 7) is 9.78. The zero-order valence-electron chi connectivity index (χ0n) is 16.8. The fourth-order valence-corrected chi connectivity index (χ4v) is 3.19. The molecule has 0 aliphatic carbocycles. The van der Waals surface area contributed by atoms with Gasteiger partial charge in [-0.25, -0.2) is 4.98 Å². The summed E-state index contributed by atoms with van der Waals surface area (Å²) in [4.78, 5) is 21.2. The summed E-state index contributed by atoms with van der Waals surface area (Å²) >= 11 is 0. The number of piperazine rings is 1. The van der Waals surface area contributed by atoms with Gasteiger partial charge in [0, 0.05) is 39.3 Å². The Balaban J connectivity index is 1.45. The summed E-state index contributed by atoms with van der Waals surface area (Å²) in [6.07, 6.45) is 6.23. The molecule has 1 aliphatic rings. The Morgan fingerprint density at radius 3 is 2.50 bits per heavy atom. The molecule has 0 radical (unpaired) electrons. The number of amides is 1. The first-order valence-corrected chi connectivity index (χ1v) is 10.0. The van der Waals surface area contributed by atoms with E-state index in [-0.39, 0.29) is 5.91 Å². The number of carbonyl (C=O) groups excluding carboxylic acids is 1. The van der Waals surface area contributed by atoms with Crippen molar-refractivity contribution in [3.63, 3.8) is 0 Å². The Morgan fingerprint density at radius 2 is 1.86 bits per heavy atom. The number of hydrogen-bond donors (Lipinski definition) is 1. The van der Waals surface area contributed by atoms with E-state index in [2.05, 4.69) is 70.4 Å². The molecule has 1 aliphatic heterocycles. The van der Waals surface area contributed by atoms with Crippen LogP contribution in [0.2, 0.25) is 0 Å². The Bertz CT molecular complexity index is 763. The summed E-state index contributed by atoms with van der Waals surface area (Å²) < 4.78 is 0. The number of pyridine rings is 1. The number of anilines is 1. The molecular formula is C23H30N4O. The molecule has 0 atom stereocenters. The van der Waals surface area contributed by atoms with Gasteiger partial charge in [-0.15, -0.1) is 0 Å². The topological polar surface area (TPSA) is 48.5 Å². The van der Waals surface area contributed by atoms with E-state index in [9.17, 15) is 4.79 Å².